The number of benzene rings is 2. The van der Waals surface area contributed by atoms with E-state index in [0.717, 1.165) is 26.9 Å². The molecule has 0 saturated carbocycles. The van der Waals surface area contributed by atoms with Gasteiger partial charge in [0.05, 0.1) is 24.9 Å². The number of imidazole rings is 1. The molecule has 0 aliphatic rings. The van der Waals surface area contributed by atoms with Crippen LogP contribution in [-0.2, 0) is 6.54 Å². The molecule has 0 radical (unpaired) electrons. The van der Waals surface area contributed by atoms with Crippen molar-refractivity contribution >= 4 is 56.0 Å². The Morgan fingerprint density at radius 1 is 1.04 bits per heavy atom. The fourth-order valence-electron chi connectivity index (χ4n) is 2.61. The van der Waals surface area contributed by atoms with E-state index in [-0.39, 0.29) is 0 Å². The maximum atomic E-state index is 6.29. The van der Waals surface area contributed by atoms with E-state index in [9.17, 15) is 0 Å². The maximum absolute atomic E-state index is 6.29. The summed E-state index contributed by atoms with van der Waals surface area (Å²) in [5.41, 5.74) is 3.68. The van der Waals surface area contributed by atoms with E-state index < -0.39 is 0 Å². The monoisotopic (exact) mass is 447 g/mol. The summed E-state index contributed by atoms with van der Waals surface area (Å²) < 4.78 is 2.89. The van der Waals surface area contributed by atoms with Crippen molar-refractivity contribution in [1.82, 2.24) is 19.5 Å². The molecule has 0 saturated heterocycles. The lowest BCUT2D eigenvalue weighted by Crippen LogP contribution is -2.14. The van der Waals surface area contributed by atoms with Gasteiger partial charge in [0.15, 0.2) is 11.1 Å². The molecule has 0 aliphatic carbocycles. The van der Waals surface area contributed by atoms with Gasteiger partial charge in [0.2, 0.25) is 0 Å². The molecule has 4 aromatic rings. The molecule has 0 fully saturated rings. The molecule has 1 N–H and O–H groups in total. The molecular formula is C18H12BrCl2N5. The number of hydrogen-bond donors (Lipinski definition) is 1. The van der Waals surface area contributed by atoms with Crippen molar-refractivity contribution in [2.75, 3.05) is 0 Å². The first-order chi connectivity index (χ1) is 12.6. The van der Waals surface area contributed by atoms with E-state index in [1.54, 1.807) is 12.7 Å². The Bertz CT molecular complexity index is 1130. The van der Waals surface area contributed by atoms with E-state index in [1.807, 2.05) is 47.0 Å². The summed E-state index contributed by atoms with van der Waals surface area (Å²) in [6.07, 6.45) is 3.32. The molecule has 0 atom stereocenters. The van der Waals surface area contributed by atoms with Crippen LogP contribution in [0, 0.1) is 0 Å². The van der Waals surface area contributed by atoms with Crippen LogP contribution in [-0.4, -0.2) is 19.5 Å². The second-order valence-electron chi connectivity index (χ2n) is 5.59. The highest BCUT2D eigenvalue weighted by Gasteiger charge is 2.10. The minimum atomic E-state index is 0.464. The number of nitrogens with zero attached hydrogens (tertiary/aromatic N) is 4. The molecule has 0 bridgehead atoms. The number of fused-ring (bicyclic) bond motifs is 1. The topological polar surface area (TPSA) is 58.9 Å². The molecule has 4 rings (SSSR count). The third kappa shape index (κ3) is 3.40. The molecular weight excluding hydrogens is 437 g/mol. The predicted octanol–water partition coefficient (Wildman–Crippen LogP) is 5.11. The zero-order valence-corrected chi connectivity index (χ0v) is 16.4. The smallest absolute Gasteiger partial charge is 0.181 e. The summed E-state index contributed by atoms with van der Waals surface area (Å²) in [6.45, 7) is 0.464. The fourth-order valence-corrected chi connectivity index (χ4v) is 3.39. The average Bonchev–Trinajstić information content (AvgIpc) is 3.12. The lowest BCUT2D eigenvalue weighted by atomic mass is 10.2. The highest BCUT2D eigenvalue weighted by molar-refractivity contribution is 9.10. The molecule has 5 nitrogen and oxygen atoms in total. The van der Waals surface area contributed by atoms with Crippen LogP contribution >= 0.6 is 39.1 Å². The van der Waals surface area contributed by atoms with Crippen molar-refractivity contribution in [1.29, 1.82) is 0 Å². The van der Waals surface area contributed by atoms with Gasteiger partial charge in [-0.1, -0.05) is 45.2 Å². The number of hydrogen-bond acceptors (Lipinski definition) is 3. The van der Waals surface area contributed by atoms with Crippen LogP contribution in [0.2, 0.25) is 10.0 Å². The summed E-state index contributed by atoms with van der Waals surface area (Å²) >= 11 is 16.0. The van der Waals surface area contributed by atoms with E-state index in [4.69, 9.17) is 23.2 Å². The van der Waals surface area contributed by atoms with Crippen LogP contribution in [0.5, 0.6) is 0 Å². The van der Waals surface area contributed by atoms with Crippen molar-refractivity contribution < 1.29 is 0 Å². The second kappa shape index (κ2) is 7.23. The van der Waals surface area contributed by atoms with Gasteiger partial charge in [-0.3, -0.25) is 0 Å². The molecule has 8 heteroatoms. The highest BCUT2D eigenvalue weighted by atomic mass is 79.9. The van der Waals surface area contributed by atoms with Crippen molar-refractivity contribution in [2.24, 2.45) is 4.99 Å². The normalized spacial score (nSPS) is 12.0. The summed E-state index contributed by atoms with van der Waals surface area (Å²) in [4.78, 5) is 16.6. The molecule has 26 heavy (non-hydrogen) atoms. The summed E-state index contributed by atoms with van der Waals surface area (Å²) in [5.74, 6) is 0. The van der Waals surface area contributed by atoms with Crippen LogP contribution in [0.3, 0.4) is 0 Å². The van der Waals surface area contributed by atoms with Crippen LogP contribution in [0.15, 0.2) is 64.6 Å². The van der Waals surface area contributed by atoms with E-state index in [1.165, 1.54) is 0 Å². The van der Waals surface area contributed by atoms with Gasteiger partial charge in [0, 0.05) is 20.1 Å². The number of aromatic nitrogens is 4. The predicted molar refractivity (Wildman–Crippen MR) is 107 cm³/mol. The third-order valence-electron chi connectivity index (χ3n) is 3.89. The van der Waals surface area contributed by atoms with Gasteiger partial charge in [-0.2, -0.15) is 0 Å². The molecule has 0 spiro atoms. The quantitative estimate of drug-likeness (QED) is 0.473. The third-order valence-corrected chi connectivity index (χ3v) is 5.12. The summed E-state index contributed by atoms with van der Waals surface area (Å²) in [7, 11) is 0. The Kier molecular flexibility index (Phi) is 4.80. The first-order valence-corrected chi connectivity index (χ1v) is 9.28. The first kappa shape index (κ1) is 17.3. The molecule has 2 aromatic carbocycles. The Labute approximate surface area is 167 Å². The Hall–Kier alpha value is -2.15. The molecule has 2 aromatic heterocycles. The number of rotatable bonds is 3. The van der Waals surface area contributed by atoms with Crippen molar-refractivity contribution in [3.05, 3.63) is 80.7 Å². The van der Waals surface area contributed by atoms with Gasteiger partial charge in [0.1, 0.15) is 5.52 Å². The minimum absolute atomic E-state index is 0.464. The first-order valence-electron chi connectivity index (χ1n) is 7.73. The zero-order chi connectivity index (χ0) is 18.1. The number of H-pyrrole nitrogens is 1. The number of nitrogens with one attached hydrogen (secondary N) is 1. The van der Waals surface area contributed by atoms with Gasteiger partial charge in [0.25, 0.3) is 0 Å². The Balaban J connectivity index is 1.80. The van der Waals surface area contributed by atoms with Gasteiger partial charge in [-0.05, 0) is 36.4 Å². The zero-order valence-electron chi connectivity index (χ0n) is 13.3. The van der Waals surface area contributed by atoms with E-state index >= 15 is 0 Å². The van der Waals surface area contributed by atoms with Crippen LogP contribution in [0.25, 0.3) is 11.2 Å². The van der Waals surface area contributed by atoms with Gasteiger partial charge < -0.3 is 9.55 Å². The maximum Gasteiger partial charge on any atom is 0.181 e. The van der Waals surface area contributed by atoms with E-state index in [2.05, 4.69) is 35.9 Å². The fraction of sp³-hybridized carbons (Fsp3) is 0.0556. The summed E-state index contributed by atoms with van der Waals surface area (Å²) in [6, 6.07) is 13.2. The minimum Gasteiger partial charge on any atom is -0.340 e. The molecule has 0 amide bonds. The van der Waals surface area contributed by atoms with Crippen molar-refractivity contribution in [3.63, 3.8) is 0 Å². The molecule has 0 aliphatic heterocycles. The largest absolute Gasteiger partial charge is 0.340 e. The van der Waals surface area contributed by atoms with Crippen LogP contribution in [0.4, 0.5) is 5.69 Å². The number of halogens is 3. The highest BCUT2D eigenvalue weighted by Crippen LogP contribution is 2.25. The Morgan fingerprint density at radius 2 is 1.77 bits per heavy atom. The molecule has 130 valence electrons. The van der Waals surface area contributed by atoms with Gasteiger partial charge in [-0.25, -0.2) is 15.0 Å². The van der Waals surface area contributed by atoms with Crippen LogP contribution < -0.4 is 5.49 Å². The molecule has 2 heterocycles. The SMILES string of the molecule is Clc1cccc(Cl)c1Cn1cnc(=Nc2ccc(Br)cc2)c2[nH]cnc21. The van der Waals surface area contributed by atoms with Crippen LogP contribution in [0.1, 0.15) is 5.56 Å². The Morgan fingerprint density at radius 3 is 2.50 bits per heavy atom. The lowest BCUT2D eigenvalue weighted by Gasteiger charge is -2.10. The lowest BCUT2D eigenvalue weighted by molar-refractivity contribution is 0.786. The van der Waals surface area contributed by atoms with Crippen molar-refractivity contribution in [3.8, 4) is 0 Å². The average molecular weight is 449 g/mol. The standard InChI is InChI=1S/C18H12BrCl2N5/c19-11-4-6-12(7-5-11)25-17-16-18(23-9-22-16)26(10-24-17)8-13-14(20)2-1-3-15(13)21/h1-7,9-10H,8H2,(H,22,23). The van der Waals surface area contributed by atoms with Gasteiger partial charge in [-0.15, -0.1) is 0 Å². The molecule has 0 unspecified atom stereocenters. The second-order valence-corrected chi connectivity index (χ2v) is 7.32. The van der Waals surface area contributed by atoms with E-state index in [0.29, 0.717) is 22.1 Å². The summed E-state index contributed by atoms with van der Waals surface area (Å²) in [5, 5.41) is 1.22. The number of aromatic amines is 1. The van der Waals surface area contributed by atoms with Crippen molar-refractivity contribution in [2.45, 2.75) is 6.54 Å². The van der Waals surface area contributed by atoms with Gasteiger partial charge >= 0.3 is 0 Å².